The first-order valence-electron chi connectivity index (χ1n) is 10.2. The summed E-state index contributed by atoms with van der Waals surface area (Å²) in [6.45, 7) is 5.94. The molecule has 1 aromatic carbocycles. The minimum absolute atomic E-state index is 0.185. The molecule has 3 heterocycles. The van der Waals surface area contributed by atoms with Crippen molar-refractivity contribution < 1.29 is 9.53 Å². The third-order valence-corrected chi connectivity index (χ3v) is 5.31. The van der Waals surface area contributed by atoms with Crippen LogP contribution in [-0.2, 0) is 7.05 Å². The number of nitrogens with one attached hydrogen (secondary N) is 1. The Hall–Kier alpha value is -3.68. The van der Waals surface area contributed by atoms with Crippen molar-refractivity contribution in [2.45, 2.75) is 32.9 Å². The number of rotatable bonds is 6. The maximum absolute atomic E-state index is 13.3. The van der Waals surface area contributed by atoms with E-state index in [2.05, 4.69) is 34.2 Å². The summed E-state index contributed by atoms with van der Waals surface area (Å²) < 4.78 is 9.12. The number of amides is 1. The number of aryl methyl sites for hydroxylation is 2. The zero-order valence-corrected chi connectivity index (χ0v) is 18.3. The number of benzene rings is 1. The van der Waals surface area contributed by atoms with E-state index in [1.165, 1.54) is 0 Å². The summed E-state index contributed by atoms with van der Waals surface area (Å²) in [5.74, 6) is 1.22. The summed E-state index contributed by atoms with van der Waals surface area (Å²) in [6, 6.07) is 9.20. The largest absolute Gasteiger partial charge is 0.497 e. The predicted molar refractivity (Wildman–Crippen MR) is 118 cm³/mol. The Morgan fingerprint density at radius 1 is 1.23 bits per heavy atom. The van der Waals surface area contributed by atoms with Gasteiger partial charge in [-0.2, -0.15) is 5.10 Å². The summed E-state index contributed by atoms with van der Waals surface area (Å²) in [4.78, 5) is 22.5. The van der Waals surface area contributed by atoms with Crippen LogP contribution in [0.3, 0.4) is 0 Å². The van der Waals surface area contributed by atoms with Crippen LogP contribution in [0.2, 0.25) is 0 Å². The molecule has 1 amide bonds. The third kappa shape index (κ3) is 3.88. The van der Waals surface area contributed by atoms with Gasteiger partial charge in [-0.05, 0) is 44.5 Å². The van der Waals surface area contributed by atoms with E-state index >= 15 is 0 Å². The summed E-state index contributed by atoms with van der Waals surface area (Å²) in [6.07, 6.45) is 5.32. The Balaban J connectivity index is 1.72. The molecular formula is C23H26N6O2. The van der Waals surface area contributed by atoms with E-state index < -0.39 is 6.04 Å². The maximum Gasteiger partial charge on any atom is 0.254 e. The minimum Gasteiger partial charge on any atom is -0.497 e. The van der Waals surface area contributed by atoms with Crippen molar-refractivity contribution in [2.75, 3.05) is 7.11 Å². The summed E-state index contributed by atoms with van der Waals surface area (Å²) in [5.41, 5.74) is 2.81. The molecule has 31 heavy (non-hydrogen) atoms. The SMILES string of the molecule is COc1cccc([C@H](NC(=O)c2cc3cnn(C(C)C)c3nc2C)c2nccn2C)c1. The molecule has 0 saturated carbocycles. The molecule has 1 atom stereocenters. The van der Waals surface area contributed by atoms with Crippen molar-refractivity contribution in [3.05, 3.63) is 71.6 Å². The molecule has 0 unspecified atom stereocenters. The van der Waals surface area contributed by atoms with E-state index in [0.717, 1.165) is 22.4 Å². The monoisotopic (exact) mass is 418 g/mol. The first-order valence-corrected chi connectivity index (χ1v) is 10.2. The molecule has 0 saturated heterocycles. The van der Waals surface area contributed by atoms with E-state index in [-0.39, 0.29) is 11.9 Å². The zero-order valence-electron chi connectivity index (χ0n) is 18.3. The van der Waals surface area contributed by atoms with E-state index in [4.69, 9.17) is 4.74 Å². The minimum atomic E-state index is -0.448. The fourth-order valence-corrected chi connectivity index (χ4v) is 3.66. The first kappa shape index (κ1) is 20.6. The standard InChI is InChI=1S/C23H26N6O2/c1-14(2)29-21-17(13-25-29)12-19(15(3)26-21)23(30)27-20(22-24-9-10-28(22)4)16-7-6-8-18(11-16)31-5/h6-14,20H,1-5H3,(H,27,30)/t20-/m0/s1. The number of hydrogen-bond acceptors (Lipinski definition) is 5. The van der Waals surface area contributed by atoms with Crippen LogP contribution in [0.25, 0.3) is 11.0 Å². The highest BCUT2D eigenvalue weighted by molar-refractivity contribution is 5.98. The smallest absolute Gasteiger partial charge is 0.254 e. The number of imidazole rings is 1. The second-order valence-electron chi connectivity index (χ2n) is 7.80. The van der Waals surface area contributed by atoms with Crippen LogP contribution in [-0.4, -0.2) is 37.3 Å². The van der Waals surface area contributed by atoms with Gasteiger partial charge >= 0.3 is 0 Å². The van der Waals surface area contributed by atoms with Gasteiger partial charge in [0.15, 0.2) is 5.65 Å². The van der Waals surface area contributed by atoms with Crippen LogP contribution in [0, 0.1) is 6.92 Å². The molecule has 0 aliphatic rings. The number of hydrogen-bond donors (Lipinski definition) is 1. The lowest BCUT2D eigenvalue weighted by Crippen LogP contribution is -2.31. The molecule has 0 aliphatic heterocycles. The van der Waals surface area contributed by atoms with E-state index in [9.17, 15) is 4.79 Å². The molecule has 3 aromatic heterocycles. The lowest BCUT2D eigenvalue weighted by Gasteiger charge is -2.20. The first-order chi connectivity index (χ1) is 14.9. The number of ether oxygens (including phenoxy) is 1. The van der Waals surface area contributed by atoms with Crippen molar-refractivity contribution in [2.24, 2.45) is 7.05 Å². The fraction of sp³-hybridized carbons (Fsp3) is 0.304. The molecule has 4 aromatic rings. The number of aromatic nitrogens is 5. The van der Waals surface area contributed by atoms with E-state index in [1.807, 2.05) is 59.7 Å². The van der Waals surface area contributed by atoms with Crippen LogP contribution in [0.1, 0.15) is 53.4 Å². The van der Waals surface area contributed by atoms with Crippen LogP contribution in [0.15, 0.2) is 48.9 Å². The maximum atomic E-state index is 13.3. The number of carbonyl (C=O) groups is 1. The molecule has 0 radical (unpaired) electrons. The van der Waals surface area contributed by atoms with Gasteiger partial charge < -0.3 is 14.6 Å². The summed E-state index contributed by atoms with van der Waals surface area (Å²) in [5, 5.41) is 8.38. The number of nitrogens with zero attached hydrogens (tertiary/aromatic N) is 5. The molecule has 0 spiro atoms. The highest BCUT2D eigenvalue weighted by Gasteiger charge is 2.24. The Morgan fingerprint density at radius 3 is 2.71 bits per heavy atom. The summed E-state index contributed by atoms with van der Waals surface area (Å²) >= 11 is 0. The topological polar surface area (TPSA) is 86.9 Å². The Morgan fingerprint density at radius 2 is 2.03 bits per heavy atom. The van der Waals surface area contributed by atoms with Gasteiger partial charge in [0, 0.05) is 30.9 Å². The Bertz CT molecular complexity index is 1240. The molecule has 160 valence electrons. The van der Waals surface area contributed by atoms with Gasteiger partial charge in [-0.25, -0.2) is 14.6 Å². The molecule has 0 bridgehead atoms. The van der Waals surface area contributed by atoms with Crippen LogP contribution in [0.5, 0.6) is 5.75 Å². The number of pyridine rings is 1. The Labute approximate surface area is 180 Å². The van der Waals surface area contributed by atoms with Crippen LogP contribution >= 0.6 is 0 Å². The van der Waals surface area contributed by atoms with Gasteiger partial charge in [0.2, 0.25) is 0 Å². The zero-order chi connectivity index (χ0) is 22.1. The van der Waals surface area contributed by atoms with Gasteiger partial charge in [0.1, 0.15) is 17.6 Å². The van der Waals surface area contributed by atoms with Crippen LogP contribution < -0.4 is 10.1 Å². The molecule has 1 N–H and O–H groups in total. The second-order valence-corrected chi connectivity index (χ2v) is 7.80. The lowest BCUT2D eigenvalue weighted by molar-refractivity contribution is 0.0940. The van der Waals surface area contributed by atoms with Crippen molar-refractivity contribution >= 4 is 16.9 Å². The van der Waals surface area contributed by atoms with Crippen LogP contribution in [0.4, 0.5) is 0 Å². The predicted octanol–water partition coefficient (Wildman–Crippen LogP) is 3.58. The van der Waals surface area contributed by atoms with Gasteiger partial charge in [-0.3, -0.25) is 4.79 Å². The van der Waals surface area contributed by atoms with Crippen molar-refractivity contribution in [3.63, 3.8) is 0 Å². The van der Waals surface area contributed by atoms with Crippen molar-refractivity contribution in [1.82, 2.24) is 29.6 Å². The van der Waals surface area contributed by atoms with E-state index in [1.54, 1.807) is 19.5 Å². The lowest BCUT2D eigenvalue weighted by atomic mass is 10.0. The molecular weight excluding hydrogens is 392 g/mol. The number of fused-ring (bicyclic) bond motifs is 1. The second kappa shape index (κ2) is 8.22. The quantitative estimate of drug-likeness (QED) is 0.517. The number of carbonyl (C=O) groups excluding carboxylic acids is 1. The summed E-state index contributed by atoms with van der Waals surface area (Å²) in [7, 11) is 3.52. The van der Waals surface area contributed by atoms with Crippen molar-refractivity contribution in [3.8, 4) is 5.75 Å². The average molecular weight is 419 g/mol. The molecule has 4 rings (SSSR count). The van der Waals surface area contributed by atoms with Gasteiger partial charge in [0.05, 0.1) is 24.6 Å². The molecule has 0 fully saturated rings. The third-order valence-electron chi connectivity index (χ3n) is 5.31. The van der Waals surface area contributed by atoms with Gasteiger partial charge in [-0.15, -0.1) is 0 Å². The average Bonchev–Trinajstić information content (AvgIpc) is 3.37. The highest BCUT2D eigenvalue weighted by atomic mass is 16.5. The molecule has 8 heteroatoms. The number of methoxy groups -OCH3 is 1. The molecule has 8 nitrogen and oxygen atoms in total. The fourth-order valence-electron chi connectivity index (χ4n) is 3.66. The van der Waals surface area contributed by atoms with Crippen molar-refractivity contribution in [1.29, 1.82) is 0 Å². The normalized spacial score (nSPS) is 12.3. The van der Waals surface area contributed by atoms with Gasteiger partial charge in [-0.1, -0.05) is 12.1 Å². The van der Waals surface area contributed by atoms with E-state index in [0.29, 0.717) is 17.0 Å². The highest BCUT2D eigenvalue weighted by Crippen LogP contribution is 2.26. The van der Waals surface area contributed by atoms with Gasteiger partial charge in [0.25, 0.3) is 5.91 Å². The Kier molecular flexibility index (Phi) is 5.46. The molecule has 0 aliphatic carbocycles.